The quantitative estimate of drug-likeness (QED) is 0.750. The fourth-order valence-electron chi connectivity index (χ4n) is 3.62. The summed E-state index contributed by atoms with van der Waals surface area (Å²) >= 11 is 12.4. The van der Waals surface area contributed by atoms with Crippen LogP contribution >= 0.6 is 23.2 Å². The van der Waals surface area contributed by atoms with Gasteiger partial charge >= 0.3 is 0 Å². The third-order valence-electron chi connectivity index (χ3n) is 4.03. The maximum atomic E-state index is 6.42. The van der Waals surface area contributed by atoms with E-state index >= 15 is 0 Å². The normalized spacial score (nSPS) is 20.1. The first-order valence-corrected chi connectivity index (χ1v) is 7.80. The van der Waals surface area contributed by atoms with Crippen LogP contribution in [0.25, 0.3) is 0 Å². The SMILES string of the molecule is CCCNCC1(c2ccc(Cl)cc2Cl)CC(C)(C)C1. The summed E-state index contributed by atoms with van der Waals surface area (Å²) in [5.74, 6) is 0. The van der Waals surface area contributed by atoms with Crippen molar-refractivity contribution in [3.63, 3.8) is 0 Å². The molecule has 1 aromatic rings. The molecule has 0 unspecified atom stereocenters. The molecule has 0 bridgehead atoms. The molecule has 0 radical (unpaired) electrons. The molecule has 1 aliphatic rings. The monoisotopic (exact) mass is 299 g/mol. The highest BCUT2D eigenvalue weighted by Gasteiger charge is 2.50. The van der Waals surface area contributed by atoms with Crippen LogP contribution in [0.1, 0.15) is 45.6 Å². The van der Waals surface area contributed by atoms with Crippen LogP contribution in [-0.4, -0.2) is 13.1 Å². The number of rotatable bonds is 5. The summed E-state index contributed by atoms with van der Waals surface area (Å²) in [6.45, 7) is 8.92. The fourth-order valence-corrected chi connectivity index (χ4v) is 4.22. The van der Waals surface area contributed by atoms with Gasteiger partial charge in [0.25, 0.3) is 0 Å². The molecule has 0 heterocycles. The average Bonchev–Trinajstić information content (AvgIpc) is 2.26. The topological polar surface area (TPSA) is 12.0 Å². The lowest BCUT2D eigenvalue weighted by molar-refractivity contribution is 0.0565. The van der Waals surface area contributed by atoms with Crippen molar-refractivity contribution in [1.29, 1.82) is 0 Å². The largest absolute Gasteiger partial charge is 0.316 e. The molecule has 0 amide bonds. The van der Waals surface area contributed by atoms with E-state index in [1.807, 2.05) is 12.1 Å². The Hall–Kier alpha value is -0.240. The summed E-state index contributed by atoms with van der Waals surface area (Å²) in [7, 11) is 0. The van der Waals surface area contributed by atoms with Crippen molar-refractivity contribution in [2.24, 2.45) is 5.41 Å². The Balaban J connectivity index is 2.23. The van der Waals surface area contributed by atoms with Crippen LogP contribution in [0.4, 0.5) is 0 Å². The molecular weight excluding hydrogens is 277 g/mol. The van der Waals surface area contributed by atoms with Crippen LogP contribution in [0.15, 0.2) is 18.2 Å². The molecule has 0 aromatic heterocycles. The second-order valence-electron chi connectivity index (χ2n) is 6.60. The molecule has 1 N–H and O–H groups in total. The van der Waals surface area contributed by atoms with E-state index in [1.54, 1.807) is 0 Å². The Morgan fingerprint density at radius 2 is 1.89 bits per heavy atom. The van der Waals surface area contributed by atoms with E-state index in [1.165, 1.54) is 18.4 Å². The second kappa shape index (κ2) is 5.63. The van der Waals surface area contributed by atoms with Gasteiger partial charge in [-0.3, -0.25) is 0 Å². The third kappa shape index (κ3) is 3.26. The summed E-state index contributed by atoms with van der Waals surface area (Å²) < 4.78 is 0. The number of halogens is 2. The second-order valence-corrected chi connectivity index (χ2v) is 7.44. The molecule has 19 heavy (non-hydrogen) atoms. The summed E-state index contributed by atoms with van der Waals surface area (Å²) in [6.07, 6.45) is 3.52. The van der Waals surface area contributed by atoms with E-state index in [0.717, 1.165) is 24.5 Å². The van der Waals surface area contributed by atoms with Crippen LogP contribution in [0.2, 0.25) is 10.0 Å². The summed E-state index contributed by atoms with van der Waals surface area (Å²) in [5, 5.41) is 5.08. The van der Waals surface area contributed by atoms with Crippen LogP contribution in [-0.2, 0) is 5.41 Å². The maximum Gasteiger partial charge on any atom is 0.0458 e. The van der Waals surface area contributed by atoms with E-state index in [9.17, 15) is 0 Å². The zero-order valence-corrected chi connectivity index (χ0v) is 13.5. The van der Waals surface area contributed by atoms with Gasteiger partial charge < -0.3 is 5.32 Å². The van der Waals surface area contributed by atoms with Gasteiger partial charge in [0.15, 0.2) is 0 Å². The van der Waals surface area contributed by atoms with Crippen LogP contribution in [0.5, 0.6) is 0 Å². The van der Waals surface area contributed by atoms with Gasteiger partial charge in [-0.25, -0.2) is 0 Å². The van der Waals surface area contributed by atoms with Crippen LogP contribution in [0, 0.1) is 5.41 Å². The zero-order valence-electron chi connectivity index (χ0n) is 12.0. The van der Waals surface area contributed by atoms with Crippen molar-refractivity contribution in [3.8, 4) is 0 Å². The molecule has 0 saturated heterocycles. The minimum atomic E-state index is 0.181. The van der Waals surface area contributed by atoms with Gasteiger partial charge in [0.05, 0.1) is 0 Å². The lowest BCUT2D eigenvalue weighted by Crippen LogP contribution is -2.52. The van der Waals surface area contributed by atoms with Crippen molar-refractivity contribution in [2.75, 3.05) is 13.1 Å². The molecule has 1 aromatic carbocycles. The van der Waals surface area contributed by atoms with Crippen molar-refractivity contribution in [2.45, 2.75) is 45.4 Å². The Bertz CT molecular complexity index is 446. The first-order valence-electron chi connectivity index (χ1n) is 7.05. The number of nitrogens with one attached hydrogen (secondary N) is 1. The fraction of sp³-hybridized carbons (Fsp3) is 0.625. The minimum Gasteiger partial charge on any atom is -0.316 e. The highest BCUT2D eigenvalue weighted by molar-refractivity contribution is 6.35. The van der Waals surface area contributed by atoms with E-state index < -0.39 is 0 Å². The molecule has 1 fully saturated rings. The van der Waals surface area contributed by atoms with Crippen LogP contribution in [0.3, 0.4) is 0 Å². The lowest BCUT2D eigenvalue weighted by atomic mass is 9.52. The van der Waals surface area contributed by atoms with Crippen molar-refractivity contribution < 1.29 is 0 Å². The van der Waals surface area contributed by atoms with Crippen molar-refractivity contribution in [3.05, 3.63) is 33.8 Å². The van der Waals surface area contributed by atoms with Gasteiger partial charge in [-0.05, 0) is 48.9 Å². The summed E-state index contributed by atoms with van der Waals surface area (Å²) in [4.78, 5) is 0. The summed E-state index contributed by atoms with van der Waals surface area (Å²) in [5.41, 5.74) is 1.85. The van der Waals surface area contributed by atoms with E-state index in [2.05, 4.69) is 32.2 Å². The summed E-state index contributed by atoms with van der Waals surface area (Å²) in [6, 6.07) is 5.93. The molecule has 106 valence electrons. The molecule has 1 saturated carbocycles. The first kappa shape index (κ1) is 15.2. The standard InChI is InChI=1S/C16H23Cl2N/c1-4-7-19-11-16(9-15(2,3)10-16)13-6-5-12(17)8-14(13)18/h5-6,8,19H,4,7,9-11H2,1-3H3. The number of benzene rings is 1. The molecular formula is C16H23Cl2N. The molecule has 0 spiro atoms. The smallest absolute Gasteiger partial charge is 0.0458 e. The first-order chi connectivity index (χ1) is 8.88. The molecule has 1 aliphatic carbocycles. The maximum absolute atomic E-state index is 6.42. The Morgan fingerprint density at radius 3 is 2.42 bits per heavy atom. The van der Waals surface area contributed by atoms with Gasteiger partial charge in [-0.15, -0.1) is 0 Å². The molecule has 0 atom stereocenters. The van der Waals surface area contributed by atoms with E-state index in [0.29, 0.717) is 10.4 Å². The lowest BCUT2D eigenvalue weighted by Gasteiger charge is -2.54. The molecule has 3 heteroatoms. The Morgan fingerprint density at radius 1 is 1.21 bits per heavy atom. The van der Waals surface area contributed by atoms with Crippen LogP contribution < -0.4 is 5.32 Å². The van der Waals surface area contributed by atoms with Gasteiger partial charge in [0.1, 0.15) is 0 Å². The minimum absolute atomic E-state index is 0.181. The van der Waals surface area contributed by atoms with Crippen molar-refractivity contribution in [1.82, 2.24) is 5.32 Å². The van der Waals surface area contributed by atoms with Gasteiger partial charge in [0.2, 0.25) is 0 Å². The molecule has 0 aliphatic heterocycles. The van der Waals surface area contributed by atoms with Gasteiger partial charge in [-0.1, -0.05) is 50.0 Å². The van der Waals surface area contributed by atoms with Gasteiger partial charge in [0, 0.05) is 22.0 Å². The predicted octanol–water partition coefficient (Wildman–Crippen LogP) is 5.05. The average molecular weight is 300 g/mol. The van der Waals surface area contributed by atoms with E-state index in [4.69, 9.17) is 23.2 Å². The highest BCUT2D eigenvalue weighted by Crippen LogP contribution is 2.56. The Kier molecular flexibility index (Phi) is 4.49. The molecule has 2 rings (SSSR count). The van der Waals surface area contributed by atoms with Crippen molar-refractivity contribution >= 4 is 23.2 Å². The Labute approximate surface area is 126 Å². The van der Waals surface area contributed by atoms with E-state index in [-0.39, 0.29) is 5.41 Å². The third-order valence-corrected chi connectivity index (χ3v) is 4.57. The number of hydrogen-bond acceptors (Lipinski definition) is 1. The molecule has 1 nitrogen and oxygen atoms in total. The van der Waals surface area contributed by atoms with Gasteiger partial charge in [-0.2, -0.15) is 0 Å². The number of hydrogen-bond donors (Lipinski definition) is 1. The highest BCUT2D eigenvalue weighted by atomic mass is 35.5. The predicted molar refractivity (Wildman–Crippen MR) is 84.3 cm³/mol. The zero-order chi connectivity index (χ0) is 14.1.